The Morgan fingerprint density at radius 1 is 1.33 bits per heavy atom. The quantitative estimate of drug-likeness (QED) is 0.793. The average Bonchev–Trinajstić information content (AvgIpc) is 2.98. The maximum Gasteiger partial charge on any atom is 0.356 e. The van der Waals surface area contributed by atoms with E-state index in [0.717, 1.165) is 0 Å². The summed E-state index contributed by atoms with van der Waals surface area (Å²) in [6.07, 6.45) is 1.25. The maximum absolute atomic E-state index is 12.8. The zero-order valence-corrected chi connectivity index (χ0v) is 15.4. The fourth-order valence-corrected chi connectivity index (χ4v) is 4.13. The smallest absolute Gasteiger partial charge is 0.356 e. The lowest BCUT2D eigenvalue weighted by atomic mass is 9.95. The molecule has 0 atom stereocenters. The Kier molecular flexibility index (Phi) is 5.16. The van der Waals surface area contributed by atoms with E-state index in [1.165, 1.54) is 36.0 Å². The molecule has 1 fully saturated rings. The van der Waals surface area contributed by atoms with Gasteiger partial charge in [0.15, 0.2) is 5.69 Å². The summed E-state index contributed by atoms with van der Waals surface area (Å²) >= 11 is 0. The lowest BCUT2D eigenvalue weighted by Crippen LogP contribution is -2.19. The van der Waals surface area contributed by atoms with Crippen molar-refractivity contribution < 1.29 is 23.1 Å². The van der Waals surface area contributed by atoms with Crippen LogP contribution in [0, 0.1) is 11.3 Å². The summed E-state index contributed by atoms with van der Waals surface area (Å²) in [5.41, 5.74) is 0.467. The third-order valence-corrected chi connectivity index (χ3v) is 5.78. The normalized spacial score (nSPS) is 15.3. The summed E-state index contributed by atoms with van der Waals surface area (Å²) in [5.74, 6) is -1.38. The molecule has 27 heavy (non-hydrogen) atoms. The van der Waals surface area contributed by atoms with E-state index in [1.807, 2.05) is 6.07 Å². The number of carboxylic acid groups (broad SMARTS) is 1. The molecule has 0 radical (unpaired) electrons. The molecular formula is C17H18N4O5S. The molecule has 1 aliphatic heterocycles. The molecule has 2 N–H and O–H groups in total. The van der Waals surface area contributed by atoms with Crippen molar-refractivity contribution in [3.05, 3.63) is 41.2 Å². The van der Waals surface area contributed by atoms with E-state index in [0.29, 0.717) is 37.3 Å². The summed E-state index contributed by atoms with van der Waals surface area (Å²) in [6, 6.07) is 7.28. The number of ether oxygens (including phenoxy) is 1. The number of nitrogens with zero attached hydrogens (tertiary/aromatic N) is 3. The van der Waals surface area contributed by atoms with E-state index in [4.69, 9.17) is 10.00 Å². The first-order valence-electron chi connectivity index (χ1n) is 8.24. The van der Waals surface area contributed by atoms with Gasteiger partial charge >= 0.3 is 5.97 Å². The predicted octanol–water partition coefficient (Wildman–Crippen LogP) is 1.68. The molecule has 3 rings (SSSR count). The number of aryl methyl sites for hydroxylation is 1. The highest BCUT2D eigenvalue weighted by atomic mass is 32.2. The van der Waals surface area contributed by atoms with Gasteiger partial charge in [-0.15, -0.1) is 0 Å². The number of benzene rings is 1. The summed E-state index contributed by atoms with van der Waals surface area (Å²) < 4.78 is 34.4. The van der Waals surface area contributed by atoms with Crippen LogP contribution >= 0.6 is 0 Å². The van der Waals surface area contributed by atoms with Crippen LogP contribution in [0.3, 0.4) is 0 Å². The molecule has 0 bridgehead atoms. The van der Waals surface area contributed by atoms with Gasteiger partial charge in [0.25, 0.3) is 10.0 Å². The van der Waals surface area contributed by atoms with E-state index in [1.54, 1.807) is 0 Å². The molecule has 142 valence electrons. The highest BCUT2D eigenvalue weighted by molar-refractivity contribution is 7.92. The van der Waals surface area contributed by atoms with Crippen LogP contribution in [0.15, 0.2) is 29.2 Å². The predicted molar refractivity (Wildman–Crippen MR) is 94.9 cm³/mol. The minimum absolute atomic E-state index is 0.0266. The molecule has 0 saturated carbocycles. The number of nitrogens with one attached hydrogen (secondary N) is 1. The average molecular weight is 390 g/mol. The number of anilines is 1. The molecule has 0 unspecified atom stereocenters. The molecule has 1 aromatic heterocycles. The molecule has 0 amide bonds. The molecule has 0 aliphatic carbocycles. The molecule has 0 spiro atoms. The zero-order valence-electron chi connectivity index (χ0n) is 14.5. The lowest BCUT2D eigenvalue weighted by molar-refractivity contribution is 0.0686. The van der Waals surface area contributed by atoms with Crippen LogP contribution in [0.4, 0.5) is 5.69 Å². The second-order valence-electron chi connectivity index (χ2n) is 6.17. The van der Waals surface area contributed by atoms with Crippen LogP contribution in [0.25, 0.3) is 0 Å². The largest absolute Gasteiger partial charge is 0.476 e. The minimum Gasteiger partial charge on any atom is -0.476 e. The molecule has 10 heteroatoms. The van der Waals surface area contributed by atoms with Gasteiger partial charge in [-0.05, 0) is 37.1 Å². The fraction of sp³-hybridized carbons (Fsp3) is 0.353. The van der Waals surface area contributed by atoms with Crippen LogP contribution in [0.5, 0.6) is 0 Å². The number of rotatable bonds is 5. The Morgan fingerprint density at radius 3 is 2.52 bits per heavy atom. The molecule has 1 aromatic carbocycles. The van der Waals surface area contributed by atoms with Crippen molar-refractivity contribution in [1.82, 2.24) is 9.78 Å². The van der Waals surface area contributed by atoms with Gasteiger partial charge in [-0.2, -0.15) is 10.4 Å². The van der Waals surface area contributed by atoms with Crippen LogP contribution in [-0.2, 0) is 21.8 Å². The molecule has 2 aromatic rings. The summed E-state index contributed by atoms with van der Waals surface area (Å²) in [7, 11) is -2.59. The third-order valence-electron chi connectivity index (χ3n) is 4.42. The summed E-state index contributed by atoms with van der Waals surface area (Å²) in [4.78, 5) is 11.6. The molecule has 1 aliphatic rings. The van der Waals surface area contributed by atoms with Crippen molar-refractivity contribution in [2.45, 2.75) is 23.7 Å². The van der Waals surface area contributed by atoms with Crippen LogP contribution in [-0.4, -0.2) is 42.5 Å². The topological polar surface area (TPSA) is 134 Å². The Morgan fingerprint density at radius 2 is 1.96 bits per heavy atom. The van der Waals surface area contributed by atoms with Gasteiger partial charge in [0.05, 0.1) is 22.2 Å². The maximum atomic E-state index is 12.8. The Hall–Kier alpha value is -2.90. The van der Waals surface area contributed by atoms with Gasteiger partial charge in [-0.25, -0.2) is 13.2 Å². The standard InChI is InChI=1S/C17H18N4O5S/c1-21-16(17(22)23)15(14(19-21)12-6-8-26-9-7-12)20-27(24,25)13-4-2-11(10-18)3-5-13/h2-5,12,20H,6-9H2,1H3,(H,22,23). The summed E-state index contributed by atoms with van der Waals surface area (Å²) in [6.45, 7) is 1.01. The Labute approximate surface area is 156 Å². The number of aromatic nitrogens is 2. The molecular weight excluding hydrogens is 372 g/mol. The molecule has 1 saturated heterocycles. The number of hydrogen-bond acceptors (Lipinski definition) is 6. The highest BCUT2D eigenvalue weighted by Gasteiger charge is 2.31. The number of nitriles is 1. The lowest BCUT2D eigenvalue weighted by Gasteiger charge is -2.21. The van der Waals surface area contributed by atoms with Crippen molar-refractivity contribution in [2.75, 3.05) is 17.9 Å². The number of carboxylic acids is 1. The van der Waals surface area contributed by atoms with Crippen molar-refractivity contribution >= 4 is 21.7 Å². The van der Waals surface area contributed by atoms with Crippen molar-refractivity contribution in [3.63, 3.8) is 0 Å². The minimum atomic E-state index is -4.05. The highest BCUT2D eigenvalue weighted by Crippen LogP contribution is 2.34. The second-order valence-corrected chi connectivity index (χ2v) is 7.85. The molecule has 9 nitrogen and oxygen atoms in total. The van der Waals surface area contributed by atoms with Gasteiger partial charge < -0.3 is 9.84 Å². The first kappa shape index (κ1) is 18.9. The van der Waals surface area contributed by atoms with Gasteiger partial charge in [0, 0.05) is 26.2 Å². The van der Waals surface area contributed by atoms with Gasteiger partial charge in [-0.1, -0.05) is 0 Å². The monoisotopic (exact) mass is 390 g/mol. The molecule has 2 heterocycles. The van der Waals surface area contributed by atoms with E-state index < -0.39 is 16.0 Å². The van der Waals surface area contributed by atoms with Crippen LogP contribution < -0.4 is 4.72 Å². The SMILES string of the molecule is Cn1nc(C2CCOCC2)c(NS(=O)(=O)c2ccc(C#N)cc2)c1C(=O)O. The van der Waals surface area contributed by atoms with Crippen molar-refractivity contribution in [3.8, 4) is 6.07 Å². The first-order chi connectivity index (χ1) is 12.8. The number of sulfonamides is 1. The van der Waals surface area contributed by atoms with E-state index in [2.05, 4.69) is 9.82 Å². The van der Waals surface area contributed by atoms with Gasteiger partial charge in [-0.3, -0.25) is 9.40 Å². The Balaban J connectivity index is 2.03. The number of aromatic carboxylic acids is 1. The second kappa shape index (κ2) is 7.38. The number of hydrogen-bond donors (Lipinski definition) is 2. The van der Waals surface area contributed by atoms with Crippen LogP contribution in [0.2, 0.25) is 0 Å². The van der Waals surface area contributed by atoms with Crippen molar-refractivity contribution in [2.24, 2.45) is 7.05 Å². The van der Waals surface area contributed by atoms with Crippen LogP contribution in [0.1, 0.15) is 40.5 Å². The zero-order chi connectivity index (χ0) is 19.6. The van der Waals surface area contributed by atoms with E-state index in [-0.39, 0.29) is 22.2 Å². The van der Waals surface area contributed by atoms with E-state index >= 15 is 0 Å². The fourth-order valence-electron chi connectivity index (χ4n) is 3.05. The van der Waals surface area contributed by atoms with Crippen molar-refractivity contribution in [1.29, 1.82) is 5.26 Å². The Bertz CT molecular complexity index is 999. The van der Waals surface area contributed by atoms with Gasteiger partial charge in [0.2, 0.25) is 0 Å². The van der Waals surface area contributed by atoms with E-state index in [9.17, 15) is 18.3 Å². The third kappa shape index (κ3) is 3.79. The first-order valence-corrected chi connectivity index (χ1v) is 9.72. The number of carbonyl (C=O) groups is 1. The summed E-state index contributed by atoms with van der Waals surface area (Å²) in [5, 5.41) is 22.7. The van der Waals surface area contributed by atoms with Gasteiger partial charge in [0.1, 0.15) is 5.69 Å².